The summed E-state index contributed by atoms with van der Waals surface area (Å²) in [6.07, 6.45) is 1.53. The molecule has 0 spiro atoms. The quantitative estimate of drug-likeness (QED) is 0.726. The van der Waals surface area contributed by atoms with Crippen molar-refractivity contribution in [1.29, 1.82) is 0 Å². The first kappa shape index (κ1) is 18.3. The van der Waals surface area contributed by atoms with Crippen LogP contribution in [0, 0.1) is 6.92 Å². The second-order valence-electron chi connectivity index (χ2n) is 7.32. The monoisotopic (exact) mass is 378 g/mol. The van der Waals surface area contributed by atoms with Gasteiger partial charge in [0.25, 0.3) is 0 Å². The maximum Gasteiger partial charge on any atom is 0.317 e. The molecule has 1 aliphatic rings. The van der Waals surface area contributed by atoms with E-state index in [1.54, 1.807) is 7.11 Å². The minimum atomic E-state index is -0.0340. The minimum Gasteiger partial charge on any atom is -0.497 e. The third-order valence-electron chi connectivity index (χ3n) is 5.56. The molecule has 2 amide bonds. The van der Waals surface area contributed by atoms with Gasteiger partial charge >= 0.3 is 6.03 Å². The molecule has 0 bridgehead atoms. The number of aromatic nitrogens is 2. The molecule has 0 saturated carbocycles. The van der Waals surface area contributed by atoms with Gasteiger partial charge in [-0.15, -0.1) is 0 Å². The Morgan fingerprint density at radius 3 is 3.00 bits per heavy atom. The summed E-state index contributed by atoms with van der Waals surface area (Å²) in [6, 6.07) is 12.2. The summed E-state index contributed by atoms with van der Waals surface area (Å²) < 4.78 is 5.34. The van der Waals surface area contributed by atoms with Crippen molar-refractivity contribution in [2.75, 3.05) is 20.2 Å². The molecule has 1 unspecified atom stereocenters. The molecule has 28 heavy (non-hydrogen) atoms. The number of para-hydroxylation sites is 1. The first-order valence-electron chi connectivity index (χ1n) is 9.72. The predicted octanol–water partition coefficient (Wildman–Crippen LogP) is 3.75. The number of aromatic amines is 1. The molecule has 0 saturated heterocycles. The number of nitrogens with zero attached hydrogens (tertiary/aromatic N) is 2. The molecule has 6 nitrogen and oxygen atoms in total. The highest BCUT2D eigenvalue weighted by Gasteiger charge is 2.27. The number of imidazole rings is 1. The zero-order chi connectivity index (χ0) is 19.7. The van der Waals surface area contributed by atoms with Crippen LogP contribution in [0.3, 0.4) is 0 Å². The smallest absolute Gasteiger partial charge is 0.317 e. The van der Waals surface area contributed by atoms with Gasteiger partial charge in [-0.2, -0.15) is 0 Å². The van der Waals surface area contributed by atoms with Crippen molar-refractivity contribution in [2.45, 2.75) is 32.7 Å². The Morgan fingerprint density at radius 1 is 1.36 bits per heavy atom. The lowest BCUT2D eigenvalue weighted by molar-refractivity contribution is 0.175. The molecule has 2 aromatic carbocycles. The Labute approximate surface area is 164 Å². The first-order chi connectivity index (χ1) is 13.6. The summed E-state index contributed by atoms with van der Waals surface area (Å²) in [6.45, 7) is 5.39. The number of ether oxygens (including phenoxy) is 1. The van der Waals surface area contributed by atoms with E-state index in [2.05, 4.69) is 41.3 Å². The molecular weight excluding hydrogens is 352 g/mol. The van der Waals surface area contributed by atoms with Crippen molar-refractivity contribution in [3.8, 4) is 5.75 Å². The van der Waals surface area contributed by atoms with E-state index in [0.717, 1.165) is 46.7 Å². The molecule has 1 aromatic heterocycles. The summed E-state index contributed by atoms with van der Waals surface area (Å²) in [4.78, 5) is 22.6. The molecule has 0 radical (unpaired) electrons. The first-order valence-corrected chi connectivity index (χ1v) is 9.72. The molecule has 1 atom stereocenters. The van der Waals surface area contributed by atoms with Crippen molar-refractivity contribution in [3.05, 3.63) is 58.9 Å². The number of benzene rings is 2. The summed E-state index contributed by atoms with van der Waals surface area (Å²) in [5.74, 6) is 1.72. The third kappa shape index (κ3) is 3.42. The van der Waals surface area contributed by atoms with E-state index in [1.807, 2.05) is 29.2 Å². The van der Waals surface area contributed by atoms with Gasteiger partial charge in [-0.25, -0.2) is 9.78 Å². The van der Waals surface area contributed by atoms with Crippen LogP contribution in [0.25, 0.3) is 11.0 Å². The van der Waals surface area contributed by atoms with Gasteiger partial charge in [0.2, 0.25) is 0 Å². The van der Waals surface area contributed by atoms with Crippen LogP contribution in [-0.2, 0) is 12.8 Å². The van der Waals surface area contributed by atoms with Crippen molar-refractivity contribution >= 4 is 17.1 Å². The number of fused-ring (bicyclic) bond motifs is 2. The van der Waals surface area contributed by atoms with Crippen LogP contribution < -0.4 is 10.1 Å². The SMILES string of the molecule is COc1ccc2c(c1)C(C)N(C(=O)NCCc1nc3c(C)cccc3[nH]1)CC2. The highest BCUT2D eigenvalue weighted by molar-refractivity contribution is 5.78. The van der Waals surface area contributed by atoms with Gasteiger partial charge in [0.05, 0.1) is 24.2 Å². The fourth-order valence-corrected chi connectivity index (χ4v) is 3.93. The molecule has 0 fully saturated rings. The van der Waals surface area contributed by atoms with Gasteiger partial charge in [-0.1, -0.05) is 18.2 Å². The van der Waals surface area contributed by atoms with Gasteiger partial charge < -0.3 is 19.9 Å². The van der Waals surface area contributed by atoms with Gasteiger partial charge in [-0.3, -0.25) is 0 Å². The lowest BCUT2D eigenvalue weighted by atomic mass is 9.93. The van der Waals surface area contributed by atoms with Gasteiger partial charge in [0.15, 0.2) is 0 Å². The Kier molecular flexibility index (Phi) is 4.94. The number of hydrogen-bond acceptors (Lipinski definition) is 3. The maximum absolute atomic E-state index is 12.7. The zero-order valence-electron chi connectivity index (χ0n) is 16.6. The van der Waals surface area contributed by atoms with Crippen molar-refractivity contribution in [3.63, 3.8) is 0 Å². The fraction of sp³-hybridized carbons (Fsp3) is 0.364. The Hall–Kier alpha value is -3.02. The molecule has 0 aliphatic carbocycles. The van der Waals surface area contributed by atoms with E-state index < -0.39 is 0 Å². The Morgan fingerprint density at radius 2 is 2.21 bits per heavy atom. The number of methoxy groups -OCH3 is 1. The maximum atomic E-state index is 12.7. The van der Waals surface area contributed by atoms with Crippen molar-refractivity contribution in [2.24, 2.45) is 0 Å². The second-order valence-corrected chi connectivity index (χ2v) is 7.32. The molecule has 4 rings (SSSR count). The summed E-state index contributed by atoms with van der Waals surface area (Å²) in [5, 5.41) is 3.05. The zero-order valence-corrected chi connectivity index (χ0v) is 16.6. The highest BCUT2D eigenvalue weighted by Crippen LogP contribution is 2.32. The molecule has 2 heterocycles. The normalized spacial score (nSPS) is 16.1. The van der Waals surface area contributed by atoms with Crippen LogP contribution in [0.5, 0.6) is 5.75 Å². The van der Waals surface area contributed by atoms with E-state index in [0.29, 0.717) is 13.0 Å². The number of amides is 2. The topological polar surface area (TPSA) is 70.2 Å². The van der Waals surface area contributed by atoms with E-state index in [4.69, 9.17) is 4.74 Å². The lowest BCUT2D eigenvalue weighted by Gasteiger charge is -2.35. The van der Waals surface area contributed by atoms with E-state index >= 15 is 0 Å². The fourth-order valence-electron chi connectivity index (χ4n) is 3.93. The van der Waals surface area contributed by atoms with Crippen LogP contribution >= 0.6 is 0 Å². The van der Waals surface area contributed by atoms with E-state index in [9.17, 15) is 4.79 Å². The highest BCUT2D eigenvalue weighted by atomic mass is 16.5. The number of aryl methyl sites for hydroxylation is 1. The number of carbonyl (C=O) groups is 1. The summed E-state index contributed by atoms with van der Waals surface area (Å²) in [7, 11) is 1.67. The van der Waals surface area contributed by atoms with Crippen LogP contribution in [0.4, 0.5) is 4.79 Å². The number of H-pyrrole nitrogens is 1. The Balaban J connectivity index is 1.38. The predicted molar refractivity (Wildman–Crippen MR) is 110 cm³/mol. The van der Waals surface area contributed by atoms with E-state index in [-0.39, 0.29) is 12.1 Å². The number of carbonyl (C=O) groups excluding carboxylic acids is 1. The average molecular weight is 378 g/mol. The second kappa shape index (κ2) is 7.54. The van der Waals surface area contributed by atoms with Gasteiger partial charge in [0.1, 0.15) is 11.6 Å². The van der Waals surface area contributed by atoms with Crippen molar-refractivity contribution < 1.29 is 9.53 Å². The Bertz CT molecular complexity index is 1010. The molecular formula is C22H26N4O2. The summed E-state index contributed by atoms with van der Waals surface area (Å²) in [5.41, 5.74) is 5.64. The molecule has 146 valence electrons. The van der Waals surface area contributed by atoms with Crippen LogP contribution in [0.1, 0.15) is 35.5 Å². The third-order valence-corrected chi connectivity index (χ3v) is 5.56. The number of nitrogens with one attached hydrogen (secondary N) is 2. The van der Waals surface area contributed by atoms with Crippen molar-refractivity contribution in [1.82, 2.24) is 20.2 Å². The van der Waals surface area contributed by atoms with Gasteiger partial charge in [0, 0.05) is 19.5 Å². The largest absolute Gasteiger partial charge is 0.497 e. The molecule has 2 N–H and O–H groups in total. The standard InChI is InChI=1S/C22H26N4O2/c1-14-5-4-6-19-21(14)25-20(24-19)9-11-23-22(27)26-12-10-16-7-8-17(28-3)13-18(16)15(26)2/h4-8,13,15H,9-12H2,1-3H3,(H,23,27)(H,24,25). The van der Waals surface area contributed by atoms with Crippen LogP contribution in [0.15, 0.2) is 36.4 Å². The van der Waals surface area contributed by atoms with Crippen LogP contribution in [0.2, 0.25) is 0 Å². The number of rotatable bonds is 4. The minimum absolute atomic E-state index is 0.0210. The van der Waals surface area contributed by atoms with E-state index in [1.165, 1.54) is 5.56 Å². The van der Waals surface area contributed by atoms with Gasteiger partial charge in [-0.05, 0) is 55.2 Å². The number of urea groups is 1. The molecule has 6 heteroatoms. The molecule has 3 aromatic rings. The lowest BCUT2D eigenvalue weighted by Crippen LogP contribution is -2.45. The molecule has 1 aliphatic heterocycles. The van der Waals surface area contributed by atoms with Crippen LogP contribution in [-0.4, -0.2) is 41.1 Å². The number of hydrogen-bond donors (Lipinski definition) is 2. The average Bonchev–Trinajstić information content (AvgIpc) is 3.12. The summed E-state index contributed by atoms with van der Waals surface area (Å²) >= 11 is 0.